The minimum absolute atomic E-state index is 0.0407. The van der Waals surface area contributed by atoms with E-state index in [0.29, 0.717) is 35.2 Å². The zero-order valence-electron chi connectivity index (χ0n) is 19.7. The average molecular weight is 527 g/mol. The van der Waals surface area contributed by atoms with Crippen molar-refractivity contribution in [3.63, 3.8) is 0 Å². The van der Waals surface area contributed by atoms with Gasteiger partial charge in [-0.1, -0.05) is 11.6 Å². The van der Waals surface area contributed by atoms with Gasteiger partial charge in [0.2, 0.25) is 11.8 Å². The molecule has 2 aliphatic heterocycles. The number of piperidine rings is 1. The van der Waals surface area contributed by atoms with E-state index in [0.717, 1.165) is 12.8 Å². The number of halogens is 2. The fourth-order valence-electron chi connectivity index (χ4n) is 4.64. The van der Waals surface area contributed by atoms with Gasteiger partial charge in [0.25, 0.3) is 0 Å². The number of aromatic amines is 1. The molecule has 2 saturated heterocycles. The van der Waals surface area contributed by atoms with E-state index in [4.69, 9.17) is 11.6 Å². The smallest absolute Gasteiger partial charge is 0.322 e. The molecule has 5 rings (SSSR count). The van der Waals surface area contributed by atoms with Crippen molar-refractivity contribution in [3.8, 4) is 0 Å². The van der Waals surface area contributed by atoms with Crippen LogP contribution in [0.2, 0.25) is 5.02 Å². The Balaban J connectivity index is 1.33. The Hall–Kier alpha value is -4.06. The molecule has 3 heterocycles. The number of amides is 4. The second kappa shape index (κ2) is 10.5. The standard InChI is InChI=1S/C24H24ClFN8O3/c25-15-4-6-16(7-5-15)27-24(37)34-13-14(22-29-31-32-30-22)11-20(34)23(36)28-19-9-8-17(12-18(19)26)33-10-2-1-3-21(33)35/h4-9,12,14,20H,1-3,10-11,13H2,(H,27,37)(H,28,36)(H,29,30,31,32)/t14-,20+/m0/s1. The summed E-state index contributed by atoms with van der Waals surface area (Å²) in [4.78, 5) is 41.5. The Kier molecular flexibility index (Phi) is 6.99. The minimum atomic E-state index is -0.912. The maximum Gasteiger partial charge on any atom is 0.322 e. The third-order valence-corrected chi connectivity index (χ3v) is 6.81. The third-order valence-electron chi connectivity index (χ3n) is 6.55. The van der Waals surface area contributed by atoms with Crippen LogP contribution in [0.4, 0.5) is 26.2 Å². The van der Waals surface area contributed by atoms with E-state index in [2.05, 4.69) is 31.3 Å². The number of carbonyl (C=O) groups excluding carboxylic acids is 3. The van der Waals surface area contributed by atoms with Crippen molar-refractivity contribution < 1.29 is 18.8 Å². The number of hydrogen-bond donors (Lipinski definition) is 3. The normalized spacial score (nSPS) is 19.7. The molecule has 0 radical (unpaired) electrons. The summed E-state index contributed by atoms with van der Waals surface area (Å²) in [6.45, 7) is 0.703. The van der Waals surface area contributed by atoms with Crippen LogP contribution in [0.3, 0.4) is 0 Å². The van der Waals surface area contributed by atoms with E-state index in [1.54, 1.807) is 35.2 Å². The number of carbonyl (C=O) groups is 3. The Labute approximate surface area is 216 Å². The summed E-state index contributed by atoms with van der Waals surface area (Å²) < 4.78 is 15.0. The number of benzene rings is 2. The Morgan fingerprint density at radius 1 is 1.11 bits per heavy atom. The lowest BCUT2D eigenvalue weighted by Crippen LogP contribution is -2.45. The molecule has 37 heavy (non-hydrogen) atoms. The summed E-state index contributed by atoms with van der Waals surface area (Å²) in [7, 11) is 0. The highest BCUT2D eigenvalue weighted by atomic mass is 35.5. The lowest BCUT2D eigenvalue weighted by Gasteiger charge is -2.27. The molecule has 3 N–H and O–H groups in total. The van der Waals surface area contributed by atoms with Crippen molar-refractivity contribution >= 4 is 46.5 Å². The maximum atomic E-state index is 15.0. The highest BCUT2D eigenvalue weighted by molar-refractivity contribution is 6.30. The summed E-state index contributed by atoms with van der Waals surface area (Å²) in [6.07, 6.45) is 2.33. The monoisotopic (exact) mass is 526 g/mol. The minimum Gasteiger partial charge on any atom is -0.322 e. The van der Waals surface area contributed by atoms with E-state index in [1.807, 2.05) is 0 Å². The molecular weight excluding hydrogens is 503 g/mol. The molecule has 0 saturated carbocycles. The van der Waals surface area contributed by atoms with Gasteiger partial charge in [-0.25, -0.2) is 14.3 Å². The van der Waals surface area contributed by atoms with Crippen LogP contribution >= 0.6 is 11.6 Å². The van der Waals surface area contributed by atoms with Gasteiger partial charge in [0.05, 0.1) is 5.69 Å². The van der Waals surface area contributed by atoms with E-state index in [9.17, 15) is 18.8 Å². The van der Waals surface area contributed by atoms with Crippen LogP contribution < -0.4 is 15.5 Å². The highest BCUT2D eigenvalue weighted by Gasteiger charge is 2.42. The second-order valence-corrected chi connectivity index (χ2v) is 9.42. The van der Waals surface area contributed by atoms with Gasteiger partial charge in [0, 0.05) is 41.8 Å². The molecule has 192 valence electrons. The Bertz CT molecular complexity index is 1300. The number of rotatable bonds is 5. The summed E-state index contributed by atoms with van der Waals surface area (Å²) in [5, 5.41) is 19.7. The van der Waals surface area contributed by atoms with E-state index >= 15 is 0 Å². The summed E-state index contributed by atoms with van der Waals surface area (Å²) in [5.74, 6) is -1.15. The van der Waals surface area contributed by atoms with Crippen LogP contribution in [0.15, 0.2) is 42.5 Å². The van der Waals surface area contributed by atoms with Crippen LogP contribution in [0.5, 0.6) is 0 Å². The molecule has 2 atom stereocenters. The van der Waals surface area contributed by atoms with Gasteiger partial charge in [-0.15, -0.1) is 5.10 Å². The largest absolute Gasteiger partial charge is 0.322 e. The molecule has 2 aliphatic rings. The molecule has 2 aromatic carbocycles. The molecule has 2 fully saturated rings. The van der Waals surface area contributed by atoms with Crippen molar-refractivity contribution in [2.75, 3.05) is 28.6 Å². The topological polar surface area (TPSA) is 136 Å². The lowest BCUT2D eigenvalue weighted by molar-refractivity contribution is -0.120. The third kappa shape index (κ3) is 5.38. The summed E-state index contributed by atoms with van der Waals surface area (Å²) >= 11 is 5.92. The van der Waals surface area contributed by atoms with Crippen LogP contribution in [-0.4, -0.2) is 62.5 Å². The van der Waals surface area contributed by atoms with Gasteiger partial charge >= 0.3 is 6.03 Å². The molecule has 3 aromatic rings. The van der Waals surface area contributed by atoms with Crippen LogP contribution in [0.25, 0.3) is 0 Å². The van der Waals surface area contributed by atoms with E-state index in [-0.39, 0.29) is 30.5 Å². The highest BCUT2D eigenvalue weighted by Crippen LogP contribution is 2.32. The molecule has 11 nitrogen and oxygen atoms in total. The van der Waals surface area contributed by atoms with Crippen LogP contribution in [-0.2, 0) is 9.59 Å². The van der Waals surface area contributed by atoms with Gasteiger partial charge < -0.3 is 20.4 Å². The number of aromatic nitrogens is 4. The summed E-state index contributed by atoms with van der Waals surface area (Å²) in [5.41, 5.74) is 0.913. The SMILES string of the molecule is O=C(Nc1ccc(N2CCCCC2=O)cc1F)[C@H]1C[C@H](c2nnn[nH]2)CN1C(=O)Nc1ccc(Cl)cc1. The van der Waals surface area contributed by atoms with Gasteiger partial charge in [-0.3, -0.25) is 9.59 Å². The first-order chi connectivity index (χ1) is 17.9. The Morgan fingerprint density at radius 2 is 1.92 bits per heavy atom. The van der Waals surface area contributed by atoms with Crippen LogP contribution in [0.1, 0.15) is 37.4 Å². The second-order valence-electron chi connectivity index (χ2n) is 8.98. The number of tetrazole rings is 1. The first-order valence-electron chi connectivity index (χ1n) is 11.9. The number of urea groups is 1. The number of anilines is 3. The van der Waals surface area contributed by atoms with Gasteiger partial charge in [-0.05, 0) is 72.2 Å². The lowest BCUT2D eigenvalue weighted by atomic mass is 10.0. The number of H-pyrrole nitrogens is 1. The number of hydrogen-bond acceptors (Lipinski definition) is 6. The zero-order valence-corrected chi connectivity index (χ0v) is 20.4. The predicted octanol–water partition coefficient (Wildman–Crippen LogP) is 3.54. The van der Waals surface area contributed by atoms with Crippen molar-refractivity contribution in [2.24, 2.45) is 0 Å². The fourth-order valence-corrected chi connectivity index (χ4v) is 4.77. The molecule has 13 heteroatoms. The maximum absolute atomic E-state index is 15.0. The van der Waals surface area contributed by atoms with Gasteiger partial charge in [0.15, 0.2) is 5.82 Å². The molecule has 0 spiro atoms. The predicted molar refractivity (Wildman–Crippen MR) is 134 cm³/mol. The van der Waals surface area contributed by atoms with Crippen molar-refractivity contribution in [1.82, 2.24) is 25.5 Å². The molecule has 0 unspecified atom stereocenters. The van der Waals surface area contributed by atoms with E-state index < -0.39 is 23.8 Å². The van der Waals surface area contributed by atoms with Crippen molar-refractivity contribution in [1.29, 1.82) is 0 Å². The zero-order chi connectivity index (χ0) is 25.9. The molecule has 4 amide bonds. The van der Waals surface area contributed by atoms with Gasteiger partial charge in [-0.2, -0.15) is 0 Å². The molecule has 0 aliphatic carbocycles. The molecule has 0 bridgehead atoms. The number of likely N-dealkylation sites (tertiary alicyclic amines) is 1. The number of nitrogens with zero attached hydrogens (tertiary/aromatic N) is 5. The van der Waals surface area contributed by atoms with Gasteiger partial charge in [0.1, 0.15) is 11.9 Å². The average Bonchev–Trinajstić information content (AvgIpc) is 3.57. The first-order valence-corrected chi connectivity index (χ1v) is 12.2. The molecular formula is C24H24ClFN8O3. The van der Waals surface area contributed by atoms with Crippen LogP contribution in [0, 0.1) is 5.82 Å². The van der Waals surface area contributed by atoms with Crippen molar-refractivity contribution in [2.45, 2.75) is 37.6 Å². The number of nitrogens with one attached hydrogen (secondary N) is 3. The quantitative estimate of drug-likeness (QED) is 0.465. The van der Waals surface area contributed by atoms with Crippen molar-refractivity contribution in [3.05, 3.63) is 59.1 Å². The summed E-state index contributed by atoms with van der Waals surface area (Å²) in [6, 6.07) is 9.42. The molecule has 1 aromatic heterocycles. The Morgan fingerprint density at radius 3 is 2.62 bits per heavy atom. The fraction of sp³-hybridized carbons (Fsp3) is 0.333. The first kappa shape index (κ1) is 24.6. The van der Waals surface area contributed by atoms with E-state index in [1.165, 1.54) is 17.0 Å².